The number of nitriles is 1. The molecule has 264 valence electrons. The molecule has 49 heavy (non-hydrogen) atoms. The lowest BCUT2D eigenvalue weighted by Crippen LogP contribution is -2.26. The van der Waals surface area contributed by atoms with Crippen LogP contribution in [0, 0.1) is 11.3 Å². The van der Waals surface area contributed by atoms with Crippen molar-refractivity contribution in [1.29, 1.82) is 5.26 Å². The fourth-order valence-corrected chi connectivity index (χ4v) is 6.72. The minimum absolute atomic E-state index is 0.0998. The van der Waals surface area contributed by atoms with E-state index in [4.69, 9.17) is 55.5 Å². The summed E-state index contributed by atoms with van der Waals surface area (Å²) in [6.07, 6.45) is 2.02. The first-order chi connectivity index (χ1) is 22.8. The predicted octanol–water partition coefficient (Wildman–Crippen LogP) is 6.57. The second-order valence-electron chi connectivity index (χ2n) is 10.2. The lowest BCUT2D eigenvalue weighted by molar-refractivity contribution is -0.114. The number of carboxylic acids is 1. The number of aromatic carboxylic acids is 1. The van der Waals surface area contributed by atoms with Crippen molar-refractivity contribution in [2.75, 3.05) is 34.8 Å². The van der Waals surface area contributed by atoms with E-state index in [1.54, 1.807) is 17.0 Å². The summed E-state index contributed by atoms with van der Waals surface area (Å²) in [7, 11) is -8.35. The van der Waals surface area contributed by atoms with E-state index in [0.717, 1.165) is 10.9 Å². The summed E-state index contributed by atoms with van der Waals surface area (Å²) in [5.74, 6) is -3.10. The summed E-state index contributed by atoms with van der Waals surface area (Å²) >= 11 is 25.1. The summed E-state index contributed by atoms with van der Waals surface area (Å²) in [6, 6.07) is 6.52. The number of aromatic nitrogens is 2. The molecule has 2 aromatic carbocycles. The van der Waals surface area contributed by atoms with E-state index in [0.29, 0.717) is 18.5 Å². The second kappa shape index (κ2) is 16.9. The van der Waals surface area contributed by atoms with E-state index in [-0.39, 0.29) is 64.4 Å². The molecule has 0 atom stereocenters. The van der Waals surface area contributed by atoms with Crippen LogP contribution in [0.15, 0.2) is 34.6 Å². The van der Waals surface area contributed by atoms with Gasteiger partial charge in [-0.2, -0.15) is 27.2 Å². The van der Waals surface area contributed by atoms with Gasteiger partial charge in [0.1, 0.15) is 23.0 Å². The van der Waals surface area contributed by atoms with Gasteiger partial charge in [-0.1, -0.05) is 46.4 Å². The van der Waals surface area contributed by atoms with Crippen LogP contribution in [-0.4, -0.2) is 77.3 Å². The Morgan fingerprint density at radius 1 is 0.939 bits per heavy atom. The van der Waals surface area contributed by atoms with Crippen LogP contribution in [0.5, 0.6) is 0 Å². The standard InChI is InChI=1S/C27H27Cl4N7O9S2/c1-15(39)34-19-12-17(37(8-2-4-10-48(42,43)44)9-3-5-11-49(45,46)47)6-7-18(19)35-36-26-16(13-32)14-33-38(26)25-23(30)21(28)20(27(40)41)22(29)24(25)31/h6-7,12,14H,2-5,8-11H2,1H3,(H,34,39)(H,40,41)(H,42,43,44)(H,45,46,47). The van der Waals surface area contributed by atoms with Gasteiger partial charge < -0.3 is 15.3 Å². The van der Waals surface area contributed by atoms with Crippen molar-refractivity contribution in [3.63, 3.8) is 0 Å². The van der Waals surface area contributed by atoms with Crippen molar-refractivity contribution in [3.8, 4) is 11.8 Å². The van der Waals surface area contributed by atoms with Crippen LogP contribution < -0.4 is 10.2 Å². The topological polar surface area (TPSA) is 245 Å². The molecule has 3 rings (SSSR count). The highest BCUT2D eigenvalue weighted by molar-refractivity contribution is 7.86. The van der Waals surface area contributed by atoms with Crippen molar-refractivity contribution in [2.45, 2.75) is 32.6 Å². The van der Waals surface area contributed by atoms with E-state index < -0.39 is 59.2 Å². The van der Waals surface area contributed by atoms with Gasteiger partial charge in [0.05, 0.1) is 49.0 Å². The number of halogens is 4. The average Bonchev–Trinajstić information content (AvgIpc) is 3.39. The zero-order valence-corrected chi connectivity index (χ0v) is 29.9. The van der Waals surface area contributed by atoms with Gasteiger partial charge in [-0.15, -0.1) is 10.2 Å². The normalized spacial score (nSPS) is 11.9. The number of azo groups is 1. The van der Waals surface area contributed by atoms with Gasteiger partial charge in [0.2, 0.25) is 5.91 Å². The summed E-state index contributed by atoms with van der Waals surface area (Å²) in [4.78, 5) is 25.6. The zero-order valence-electron chi connectivity index (χ0n) is 25.3. The molecule has 0 spiro atoms. The molecule has 0 fully saturated rings. The lowest BCUT2D eigenvalue weighted by atomic mass is 10.2. The number of unbranched alkanes of at least 4 members (excludes halogenated alkanes) is 2. The van der Waals surface area contributed by atoms with Crippen LogP contribution in [-0.2, 0) is 25.0 Å². The molecule has 0 saturated heterocycles. The molecule has 1 heterocycles. The van der Waals surface area contributed by atoms with Gasteiger partial charge in [-0.25, -0.2) is 9.48 Å². The number of hydrogen-bond donors (Lipinski definition) is 4. The molecule has 22 heteroatoms. The molecular weight excluding hydrogens is 772 g/mol. The quantitative estimate of drug-likeness (QED) is 0.0520. The Bertz CT molecular complexity index is 1980. The van der Waals surface area contributed by atoms with Crippen LogP contribution in [0.1, 0.15) is 48.5 Å². The van der Waals surface area contributed by atoms with E-state index in [9.17, 15) is 36.8 Å². The van der Waals surface area contributed by atoms with Gasteiger partial charge in [0, 0.05) is 25.7 Å². The highest BCUT2D eigenvalue weighted by atomic mass is 35.5. The third kappa shape index (κ3) is 11.0. The number of anilines is 2. The van der Waals surface area contributed by atoms with Gasteiger partial charge in [-0.3, -0.25) is 13.9 Å². The predicted molar refractivity (Wildman–Crippen MR) is 184 cm³/mol. The van der Waals surface area contributed by atoms with Crippen molar-refractivity contribution in [3.05, 3.63) is 55.6 Å². The van der Waals surface area contributed by atoms with Gasteiger partial charge in [-0.05, 0) is 43.9 Å². The summed E-state index contributed by atoms with van der Waals surface area (Å²) in [6.45, 7) is 1.80. The Balaban J connectivity index is 2.05. The Hall–Kier alpha value is -3.54. The average molecular weight is 799 g/mol. The minimum Gasteiger partial charge on any atom is -0.478 e. The zero-order chi connectivity index (χ0) is 36.7. The fourth-order valence-electron chi connectivity index (χ4n) is 4.42. The Labute approximate surface area is 300 Å². The maximum absolute atomic E-state index is 12.1. The molecule has 0 aliphatic carbocycles. The molecular formula is C27H27Cl4N7O9S2. The van der Waals surface area contributed by atoms with Crippen molar-refractivity contribution in [2.24, 2.45) is 10.2 Å². The van der Waals surface area contributed by atoms with E-state index >= 15 is 0 Å². The van der Waals surface area contributed by atoms with Crippen LogP contribution in [0.2, 0.25) is 20.1 Å². The number of rotatable bonds is 16. The summed E-state index contributed by atoms with van der Waals surface area (Å²) in [5, 5.41) is 32.7. The highest BCUT2D eigenvalue weighted by Crippen LogP contribution is 2.45. The number of carbonyl (C=O) groups excluding carboxylic acids is 1. The Kier molecular flexibility index (Phi) is 13.8. The largest absolute Gasteiger partial charge is 0.478 e. The van der Waals surface area contributed by atoms with Gasteiger partial charge in [0.25, 0.3) is 20.2 Å². The molecule has 1 amide bonds. The first-order valence-electron chi connectivity index (χ1n) is 13.9. The number of carboxylic acid groups (broad SMARTS) is 1. The number of nitrogens with zero attached hydrogens (tertiary/aromatic N) is 6. The molecule has 0 aliphatic heterocycles. The third-order valence-corrected chi connectivity index (χ3v) is 9.89. The highest BCUT2D eigenvalue weighted by Gasteiger charge is 2.28. The number of benzene rings is 2. The van der Waals surface area contributed by atoms with Gasteiger partial charge in [0.15, 0.2) is 5.82 Å². The second-order valence-corrected chi connectivity index (χ2v) is 14.9. The van der Waals surface area contributed by atoms with Crippen LogP contribution >= 0.6 is 46.4 Å². The number of nitrogens with one attached hydrogen (secondary N) is 1. The Morgan fingerprint density at radius 3 is 1.96 bits per heavy atom. The molecule has 0 radical (unpaired) electrons. The first-order valence-corrected chi connectivity index (χ1v) is 18.6. The maximum atomic E-state index is 12.1. The van der Waals surface area contributed by atoms with Crippen LogP contribution in [0.4, 0.5) is 22.9 Å². The summed E-state index contributed by atoms with van der Waals surface area (Å²) in [5.41, 5.74) is -0.0664. The lowest BCUT2D eigenvalue weighted by Gasteiger charge is -2.26. The summed E-state index contributed by atoms with van der Waals surface area (Å²) < 4.78 is 63.8. The number of carbonyl (C=O) groups is 2. The monoisotopic (exact) mass is 797 g/mol. The number of hydrogen-bond acceptors (Lipinski definition) is 11. The SMILES string of the molecule is CC(=O)Nc1cc(N(CCCCS(=O)(=O)O)CCCCS(=O)(=O)O)ccc1N=Nc1c(C#N)cnn1-c1c(Cl)c(Cl)c(C(=O)O)c(Cl)c1Cl. The first kappa shape index (κ1) is 39.9. The van der Waals surface area contributed by atoms with Crippen molar-refractivity contribution < 1.29 is 40.6 Å². The molecule has 16 nitrogen and oxygen atoms in total. The van der Waals surface area contributed by atoms with Crippen molar-refractivity contribution in [1.82, 2.24) is 9.78 Å². The molecule has 0 unspecified atom stereocenters. The smallest absolute Gasteiger partial charge is 0.338 e. The molecule has 0 aliphatic rings. The number of amides is 1. The van der Waals surface area contributed by atoms with Crippen LogP contribution in [0.3, 0.4) is 0 Å². The Morgan fingerprint density at radius 2 is 1.49 bits per heavy atom. The van der Waals surface area contributed by atoms with Crippen LogP contribution in [0.25, 0.3) is 5.69 Å². The van der Waals surface area contributed by atoms with E-state index in [1.807, 2.05) is 6.07 Å². The van der Waals surface area contributed by atoms with E-state index in [1.165, 1.54) is 13.0 Å². The van der Waals surface area contributed by atoms with E-state index in [2.05, 4.69) is 20.6 Å². The third-order valence-electron chi connectivity index (χ3n) is 6.60. The maximum Gasteiger partial charge on any atom is 0.338 e. The molecule has 3 aromatic rings. The molecule has 1 aromatic heterocycles. The molecule has 0 bridgehead atoms. The fraction of sp³-hybridized carbons (Fsp3) is 0.333. The molecule has 4 N–H and O–H groups in total. The minimum atomic E-state index is -4.18. The van der Waals surface area contributed by atoms with Gasteiger partial charge >= 0.3 is 5.97 Å². The molecule has 0 saturated carbocycles. The van der Waals surface area contributed by atoms with Crippen molar-refractivity contribution >= 4 is 101 Å².